The first-order valence-electron chi connectivity index (χ1n) is 12.7. The molecule has 6 aliphatic rings. The lowest BCUT2D eigenvalue weighted by Gasteiger charge is -2.51. The van der Waals surface area contributed by atoms with Gasteiger partial charge in [0.05, 0.1) is 17.5 Å². The van der Waals surface area contributed by atoms with E-state index >= 15 is 0 Å². The number of nitrogens with zero attached hydrogens (tertiary/aromatic N) is 2. The number of piperidine rings is 1. The third-order valence-electron chi connectivity index (χ3n) is 10.5. The second-order valence-corrected chi connectivity index (χ2v) is 11.7. The van der Waals surface area contributed by atoms with E-state index in [1.807, 2.05) is 0 Å². The third kappa shape index (κ3) is 2.66. The molecule has 166 valence electrons. The van der Waals surface area contributed by atoms with E-state index in [2.05, 4.69) is 25.2 Å². The third-order valence-corrected chi connectivity index (χ3v) is 10.5. The van der Waals surface area contributed by atoms with Crippen LogP contribution in [0.3, 0.4) is 0 Å². The van der Waals surface area contributed by atoms with Gasteiger partial charge in [-0.25, -0.2) is 5.01 Å². The summed E-state index contributed by atoms with van der Waals surface area (Å²) < 4.78 is 6.85. The average Bonchev–Trinajstić information content (AvgIpc) is 3.23. The zero-order valence-corrected chi connectivity index (χ0v) is 18.6. The lowest BCUT2D eigenvalue weighted by molar-refractivity contribution is -0.194. The first kappa shape index (κ1) is 19.7. The zero-order valence-electron chi connectivity index (χ0n) is 18.6. The fourth-order valence-corrected chi connectivity index (χ4v) is 9.22. The Labute approximate surface area is 180 Å². The van der Waals surface area contributed by atoms with Crippen LogP contribution in [0.4, 0.5) is 0 Å². The number of nitroso groups, excluding NO2 is 1. The molecule has 2 heterocycles. The summed E-state index contributed by atoms with van der Waals surface area (Å²) in [5.41, 5.74) is 1.13. The minimum Gasteiger partial charge on any atom is -0.393 e. The number of fused-ring (bicyclic) bond motifs is 7. The zero-order chi connectivity index (χ0) is 20.6. The molecule has 3 saturated carbocycles. The van der Waals surface area contributed by atoms with E-state index in [9.17, 15) is 10.0 Å². The van der Waals surface area contributed by atoms with Crippen LogP contribution in [0.5, 0.6) is 0 Å². The Morgan fingerprint density at radius 1 is 1.10 bits per heavy atom. The van der Waals surface area contributed by atoms with Crippen molar-refractivity contribution in [2.24, 2.45) is 52.6 Å². The summed E-state index contributed by atoms with van der Waals surface area (Å²) in [5, 5.41) is 15.4. The molecule has 0 unspecified atom stereocenters. The van der Waals surface area contributed by atoms with E-state index in [1.54, 1.807) is 10.6 Å². The lowest BCUT2D eigenvalue weighted by Crippen LogP contribution is -2.55. The molecule has 0 radical (unpaired) electrons. The number of aliphatic hydroxyl groups is 1. The summed E-state index contributed by atoms with van der Waals surface area (Å²) in [6.45, 7) is 5.32. The number of rotatable bonds is 1. The molecular formula is C25H38N2O3. The maximum atomic E-state index is 11.7. The molecule has 0 aromatic rings. The van der Waals surface area contributed by atoms with Gasteiger partial charge in [-0.2, -0.15) is 0 Å². The molecule has 5 nitrogen and oxygen atoms in total. The molecule has 4 aliphatic carbocycles. The summed E-state index contributed by atoms with van der Waals surface area (Å²) in [6, 6.07) is 0. The van der Waals surface area contributed by atoms with Gasteiger partial charge < -0.3 is 9.84 Å². The topological polar surface area (TPSA) is 62.1 Å². The quantitative estimate of drug-likeness (QED) is 0.490. The van der Waals surface area contributed by atoms with Crippen molar-refractivity contribution in [2.75, 3.05) is 6.54 Å². The van der Waals surface area contributed by atoms with E-state index in [1.165, 1.54) is 32.1 Å². The predicted octanol–water partition coefficient (Wildman–Crippen LogP) is 4.90. The first-order chi connectivity index (χ1) is 14.5. The monoisotopic (exact) mass is 414 g/mol. The molecule has 2 saturated heterocycles. The Bertz CT molecular complexity index is 740. The molecule has 0 aromatic carbocycles. The normalized spacial score (nSPS) is 54.8. The molecule has 1 spiro atoms. The van der Waals surface area contributed by atoms with Gasteiger partial charge in [-0.1, -0.05) is 25.5 Å². The molecule has 0 aromatic heterocycles. The second-order valence-electron chi connectivity index (χ2n) is 11.7. The molecule has 5 heteroatoms. The number of allylic oxidation sites excluding steroid dienone is 1. The van der Waals surface area contributed by atoms with Crippen LogP contribution in [0, 0.1) is 52.3 Å². The Kier molecular flexibility index (Phi) is 4.62. The summed E-state index contributed by atoms with van der Waals surface area (Å²) in [4.78, 5) is 11.7. The highest BCUT2D eigenvalue weighted by molar-refractivity contribution is 5.20. The van der Waals surface area contributed by atoms with Gasteiger partial charge in [0.1, 0.15) is 0 Å². The van der Waals surface area contributed by atoms with Crippen molar-refractivity contribution in [3.05, 3.63) is 16.6 Å². The number of hydrogen-bond donors (Lipinski definition) is 1. The Morgan fingerprint density at radius 2 is 1.93 bits per heavy atom. The van der Waals surface area contributed by atoms with Crippen molar-refractivity contribution < 1.29 is 9.84 Å². The van der Waals surface area contributed by atoms with Gasteiger partial charge in [0, 0.05) is 12.5 Å². The Balaban J connectivity index is 1.24. The lowest BCUT2D eigenvalue weighted by atomic mass is 9.55. The summed E-state index contributed by atoms with van der Waals surface area (Å²) in [7, 11) is 0. The van der Waals surface area contributed by atoms with Gasteiger partial charge in [0.25, 0.3) is 0 Å². The van der Waals surface area contributed by atoms with Gasteiger partial charge in [-0.15, -0.1) is 4.91 Å². The van der Waals surface area contributed by atoms with Crippen molar-refractivity contribution in [3.8, 4) is 0 Å². The number of hydrogen-bond acceptors (Lipinski definition) is 4. The van der Waals surface area contributed by atoms with E-state index in [-0.39, 0.29) is 6.10 Å². The highest BCUT2D eigenvalue weighted by Gasteiger charge is 2.65. The standard InChI is InChI=1S/C25H38N2O3/c1-14-9-10-25(27(13-14)26-29)15(2)24-21-8-7-19-18-6-4-17(28)11-16(18)3-5-20(19)22(21)12-23(24)30-25/h3,14-15,17-24,28H,4-13H2,1-2H3/t14-,15+,17-,18+,19+,20-,21+,22-,23-,24+,25-/m1/s1. The number of ether oxygens (including phenoxy) is 1. The summed E-state index contributed by atoms with van der Waals surface area (Å²) in [6.07, 6.45) is 13.0. The molecule has 0 bridgehead atoms. The largest absolute Gasteiger partial charge is 0.393 e. The highest BCUT2D eigenvalue weighted by Crippen LogP contribution is 2.64. The molecule has 5 fully saturated rings. The van der Waals surface area contributed by atoms with Crippen LogP contribution in [0.1, 0.15) is 71.6 Å². The maximum absolute atomic E-state index is 11.7. The van der Waals surface area contributed by atoms with Crippen LogP contribution in [-0.2, 0) is 4.74 Å². The second kappa shape index (κ2) is 7.03. The fraction of sp³-hybridized carbons (Fsp3) is 0.920. The Morgan fingerprint density at radius 3 is 2.77 bits per heavy atom. The SMILES string of the molecule is C[C@@H]1CC[C@]2(O[C@@H]3C[C@@H]4[C@@H]5CC=C6C[C@H](O)CC[C@@H]6[C@@H]5CC[C@@H]4[C@@H]3[C@@H]2C)N(N=O)C1. The summed E-state index contributed by atoms with van der Waals surface area (Å²) >= 11 is 0. The first-order valence-corrected chi connectivity index (χ1v) is 12.7. The van der Waals surface area contributed by atoms with Crippen LogP contribution < -0.4 is 0 Å². The van der Waals surface area contributed by atoms with Crippen molar-refractivity contribution >= 4 is 0 Å². The van der Waals surface area contributed by atoms with Crippen LogP contribution >= 0.6 is 0 Å². The van der Waals surface area contributed by atoms with E-state index in [4.69, 9.17) is 4.74 Å². The molecule has 30 heavy (non-hydrogen) atoms. The average molecular weight is 415 g/mol. The van der Waals surface area contributed by atoms with E-state index in [0.717, 1.165) is 61.8 Å². The number of aliphatic hydroxyl groups excluding tert-OH is 1. The Hall–Kier alpha value is -0.940. The van der Waals surface area contributed by atoms with E-state index in [0.29, 0.717) is 23.9 Å². The molecule has 11 atom stereocenters. The molecule has 1 N–H and O–H groups in total. The van der Waals surface area contributed by atoms with Crippen molar-refractivity contribution in [2.45, 2.75) is 89.6 Å². The minimum atomic E-state index is -0.440. The minimum absolute atomic E-state index is 0.107. The van der Waals surface area contributed by atoms with E-state index < -0.39 is 5.72 Å². The van der Waals surface area contributed by atoms with Crippen LogP contribution in [0.15, 0.2) is 16.9 Å². The highest BCUT2D eigenvalue weighted by atomic mass is 16.5. The van der Waals surface area contributed by atoms with Crippen LogP contribution in [0.2, 0.25) is 0 Å². The smallest absolute Gasteiger partial charge is 0.162 e. The van der Waals surface area contributed by atoms with Gasteiger partial charge in [-0.05, 0) is 99.2 Å². The van der Waals surface area contributed by atoms with Gasteiger partial charge in [0.15, 0.2) is 5.72 Å². The van der Waals surface area contributed by atoms with Crippen LogP contribution in [0.25, 0.3) is 0 Å². The van der Waals surface area contributed by atoms with Gasteiger partial charge >= 0.3 is 0 Å². The molecule has 6 rings (SSSR count). The van der Waals surface area contributed by atoms with Crippen molar-refractivity contribution in [1.29, 1.82) is 0 Å². The van der Waals surface area contributed by atoms with Crippen molar-refractivity contribution in [1.82, 2.24) is 5.01 Å². The molecule has 0 amide bonds. The van der Waals surface area contributed by atoms with Crippen molar-refractivity contribution in [3.63, 3.8) is 0 Å². The van der Waals surface area contributed by atoms with Gasteiger partial charge in [-0.3, -0.25) is 0 Å². The fourth-order valence-electron chi connectivity index (χ4n) is 9.22. The van der Waals surface area contributed by atoms with Gasteiger partial charge in [0.2, 0.25) is 0 Å². The molecular weight excluding hydrogens is 376 g/mol. The maximum Gasteiger partial charge on any atom is 0.162 e. The predicted molar refractivity (Wildman–Crippen MR) is 115 cm³/mol. The molecule has 2 aliphatic heterocycles. The van der Waals surface area contributed by atoms with Crippen LogP contribution in [-0.4, -0.2) is 34.6 Å². The summed E-state index contributed by atoms with van der Waals surface area (Å²) in [5.74, 6) is 5.39.